The highest BCUT2D eigenvalue weighted by Crippen LogP contribution is 2.30. The molecule has 0 aliphatic carbocycles. The summed E-state index contributed by atoms with van der Waals surface area (Å²) in [6, 6.07) is 27.4. The summed E-state index contributed by atoms with van der Waals surface area (Å²) in [4.78, 5) is 28.1. The minimum Gasteiger partial charge on any atom is -0.361 e. The quantitative estimate of drug-likeness (QED) is 0.408. The number of para-hydroxylation sites is 1. The Hall–Kier alpha value is -3.66. The topological polar surface area (TPSA) is 62.0 Å². The Morgan fingerprint density at radius 1 is 0.800 bits per heavy atom. The standard InChI is InChI=1S/C26H24N2O2/c29-25(20-11-5-2-6-12-20)15-16-26(30)28-17-22(19-9-3-1-4-10-19)23-18-27-24-14-8-7-13-21(23)24/h1-14,18,22,27H,15-17H2,(H,28,30). The minimum atomic E-state index is -0.111. The van der Waals surface area contributed by atoms with Crippen LogP contribution in [-0.4, -0.2) is 23.2 Å². The van der Waals surface area contributed by atoms with Gasteiger partial charge in [0.15, 0.2) is 5.78 Å². The van der Waals surface area contributed by atoms with E-state index in [0.29, 0.717) is 12.1 Å². The monoisotopic (exact) mass is 396 g/mol. The van der Waals surface area contributed by atoms with Crippen molar-refractivity contribution in [3.63, 3.8) is 0 Å². The van der Waals surface area contributed by atoms with Gasteiger partial charge in [-0.2, -0.15) is 0 Å². The fourth-order valence-corrected chi connectivity index (χ4v) is 3.77. The average Bonchev–Trinajstić information content (AvgIpc) is 3.23. The summed E-state index contributed by atoms with van der Waals surface area (Å²) in [5.41, 5.74) is 4.01. The summed E-state index contributed by atoms with van der Waals surface area (Å²) in [6.45, 7) is 0.476. The lowest BCUT2D eigenvalue weighted by Crippen LogP contribution is -2.29. The first-order chi connectivity index (χ1) is 14.7. The van der Waals surface area contributed by atoms with Crippen LogP contribution in [-0.2, 0) is 4.79 Å². The molecule has 1 atom stereocenters. The lowest BCUT2D eigenvalue weighted by molar-refractivity contribution is -0.121. The van der Waals surface area contributed by atoms with E-state index >= 15 is 0 Å². The Labute approximate surface area is 175 Å². The molecule has 4 heteroatoms. The highest BCUT2D eigenvalue weighted by atomic mass is 16.2. The number of amides is 1. The Bertz CT molecular complexity index is 1130. The maximum Gasteiger partial charge on any atom is 0.220 e. The van der Waals surface area contributed by atoms with Crippen LogP contribution in [0, 0.1) is 0 Å². The Morgan fingerprint density at radius 2 is 1.47 bits per heavy atom. The fraction of sp³-hybridized carbons (Fsp3) is 0.154. The van der Waals surface area contributed by atoms with Crippen molar-refractivity contribution in [1.82, 2.24) is 10.3 Å². The molecule has 0 saturated heterocycles. The van der Waals surface area contributed by atoms with Gasteiger partial charge in [-0.3, -0.25) is 9.59 Å². The van der Waals surface area contributed by atoms with Crippen LogP contribution in [0.25, 0.3) is 10.9 Å². The summed E-state index contributed by atoms with van der Waals surface area (Å²) >= 11 is 0. The largest absolute Gasteiger partial charge is 0.361 e. The van der Waals surface area contributed by atoms with Crippen molar-refractivity contribution in [3.05, 3.63) is 108 Å². The Morgan fingerprint density at radius 3 is 2.23 bits per heavy atom. The number of hydrogen-bond donors (Lipinski definition) is 2. The lowest BCUT2D eigenvalue weighted by Gasteiger charge is -2.18. The van der Waals surface area contributed by atoms with Gasteiger partial charge in [-0.15, -0.1) is 0 Å². The van der Waals surface area contributed by atoms with Crippen LogP contribution in [0.4, 0.5) is 0 Å². The summed E-state index contributed by atoms with van der Waals surface area (Å²) in [5.74, 6) is -0.0989. The van der Waals surface area contributed by atoms with Gasteiger partial charge in [0.1, 0.15) is 0 Å². The van der Waals surface area contributed by atoms with E-state index in [0.717, 1.165) is 22.0 Å². The smallest absolute Gasteiger partial charge is 0.220 e. The molecule has 1 aromatic heterocycles. The van der Waals surface area contributed by atoms with Gasteiger partial charge in [0.05, 0.1) is 0 Å². The van der Waals surface area contributed by atoms with Crippen LogP contribution in [0.1, 0.15) is 40.2 Å². The molecule has 150 valence electrons. The molecule has 0 spiro atoms. The van der Waals surface area contributed by atoms with Crippen LogP contribution in [0.3, 0.4) is 0 Å². The van der Waals surface area contributed by atoms with E-state index in [1.165, 1.54) is 0 Å². The second-order valence-electron chi connectivity index (χ2n) is 7.35. The van der Waals surface area contributed by atoms with Gasteiger partial charge in [0.25, 0.3) is 0 Å². The number of Topliss-reactive ketones (excluding diaryl/α,β-unsaturated/α-hetero) is 1. The van der Waals surface area contributed by atoms with Crippen LogP contribution in [0.15, 0.2) is 91.1 Å². The highest BCUT2D eigenvalue weighted by molar-refractivity contribution is 5.97. The Kier molecular flexibility index (Phi) is 6.04. The SMILES string of the molecule is O=C(CCC(=O)c1ccccc1)NCC(c1ccccc1)c1c[nH]c2ccccc12. The average molecular weight is 396 g/mol. The summed E-state index contributed by atoms with van der Waals surface area (Å²) < 4.78 is 0. The van der Waals surface area contributed by atoms with Crippen molar-refractivity contribution in [2.45, 2.75) is 18.8 Å². The van der Waals surface area contributed by atoms with Gasteiger partial charge in [0.2, 0.25) is 5.91 Å². The molecule has 0 aliphatic heterocycles. The summed E-state index contributed by atoms with van der Waals surface area (Å²) in [7, 11) is 0. The van der Waals surface area contributed by atoms with Crippen LogP contribution in [0.2, 0.25) is 0 Å². The van der Waals surface area contributed by atoms with E-state index in [2.05, 4.69) is 34.6 Å². The third-order valence-corrected chi connectivity index (χ3v) is 5.38. The van der Waals surface area contributed by atoms with Gasteiger partial charge >= 0.3 is 0 Å². The van der Waals surface area contributed by atoms with Gasteiger partial charge < -0.3 is 10.3 Å². The minimum absolute atomic E-state index is 0.0120. The maximum atomic E-state index is 12.5. The lowest BCUT2D eigenvalue weighted by atomic mass is 9.91. The second kappa shape index (κ2) is 9.23. The molecule has 4 rings (SSSR count). The first-order valence-electron chi connectivity index (χ1n) is 10.2. The normalized spacial score (nSPS) is 11.9. The maximum absolute atomic E-state index is 12.5. The molecule has 0 aliphatic rings. The predicted octanol–water partition coefficient (Wildman–Crippen LogP) is 5.08. The molecular weight excluding hydrogens is 372 g/mol. The van der Waals surface area contributed by atoms with E-state index in [1.54, 1.807) is 12.1 Å². The molecule has 0 saturated carbocycles. The molecule has 0 radical (unpaired) electrons. The number of nitrogens with one attached hydrogen (secondary N) is 2. The molecule has 4 nitrogen and oxygen atoms in total. The molecule has 1 amide bonds. The number of aromatic nitrogens is 1. The summed E-state index contributed by atoms with van der Waals surface area (Å²) in [5, 5.41) is 4.19. The molecule has 4 aromatic rings. The fourth-order valence-electron chi connectivity index (χ4n) is 3.77. The first-order valence-corrected chi connectivity index (χ1v) is 10.2. The van der Waals surface area contributed by atoms with Crippen molar-refractivity contribution < 1.29 is 9.59 Å². The summed E-state index contributed by atoms with van der Waals surface area (Å²) in [6.07, 6.45) is 2.41. The van der Waals surface area contributed by atoms with E-state index in [9.17, 15) is 9.59 Å². The molecule has 0 fully saturated rings. The van der Waals surface area contributed by atoms with Crippen molar-refractivity contribution in [2.24, 2.45) is 0 Å². The van der Waals surface area contributed by atoms with E-state index < -0.39 is 0 Å². The number of fused-ring (bicyclic) bond motifs is 1. The molecule has 1 unspecified atom stereocenters. The zero-order chi connectivity index (χ0) is 20.8. The molecule has 30 heavy (non-hydrogen) atoms. The first kappa shape index (κ1) is 19.6. The number of carbonyl (C=O) groups excluding carboxylic acids is 2. The van der Waals surface area contributed by atoms with Crippen molar-refractivity contribution in [1.29, 1.82) is 0 Å². The van der Waals surface area contributed by atoms with Crippen LogP contribution in [0.5, 0.6) is 0 Å². The van der Waals surface area contributed by atoms with Gasteiger partial charge in [-0.25, -0.2) is 0 Å². The van der Waals surface area contributed by atoms with Gasteiger partial charge in [-0.05, 0) is 17.2 Å². The van der Waals surface area contributed by atoms with E-state index in [1.807, 2.05) is 54.7 Å². The zero-order valence-corrected chi connectivity index (χ0v) is 16.7. The van der Waals surface area contributed by atoms with Crippen LogP contribution < -0.4 is 5.32 Å². The number of H-pyrrole nitrogens is 1. The van der Waals surface area contributed by atoms with Crippen molar-refractivity contribution in [3.8, 4) is 0 Å². The molecular formula is C26H24N2O2. The third kappa shape index (κ3) is 4.49. The predicted molar refractivity (Wildman–Crippen MR) is 120 cm³/mol. The van der Waals surface area contributed by atoms with Crippen LogP contribution >= 0.6 is 0 Å². The van der Waals surface area contributed by atoms with Crippen molar-refractivity contribution in [2.75, 3.05) is 6.54 Å². The van der Waals surface area contributed by atoms with Gasteiger partial charge in [0, 0.05) is 48.0 Å². The Balaban J connectivity index is 1.45. The number of hydrogen-bond acceptors (Lipinski definition) is 2. The number of aromatic amines is 1. The molecule has 1 heterocycles. The highest BCUT2D eigenvalue weighted by Gasteiger charge is 2.19. The van der Waals surface area contributed by atoms with E-state index in [4.69, 9.17) is 0 Å². The number of rotatable bonds is 8. The third-order valence-electron chi connectivity index (χ3n) is 5.38. The van der Waals surface area contributed by atoms with E-state index in [-0.39, 0.29) is 30.4 Å². The second-order valence-corrected chi connectivity index (χ2v) is 7.35. The molecule has 2 N–H and O–H groups in total. The molecule has 0 bridgehead atoms. The van der Waals surface area contributed by atoms with Gasteiger partial charge in [-0.1, -0.05) is 78.9 Å². The zero-order valence-electron chi connectivity index (χ0n) is 16.7. The number of ketones is 1. The number of benzene rings is 3. The number of carbonyl (C=O) groups is 2. The van der Waals surface area contributed by atoms with Crippen molar-refractivity contribution >= 4 is 22.6 Å². The molecule has 3 aromatic carbocycles.